The van der Waals surface area contributed by atoms with Gasteiger partial charge in [-0.15, -0.1) is 0 Å². The average Bonchev–Trinajstić information content (AvgIpc) is 2.69. The lowest BCUT2D eigenvalue weighted by Gasteiger charge is -2.18. The van der Waals surface area contributed by atoms with Gasteiger partial charge in [-0.05, 0) is 19.1 Å². The predicted molar refractivity (Wildman–Crippen MR) is 55.8 cm³/mol. The van der Waals surface area contributed by atoms with Crippen LogP contribution in [0.3, 0.4) is 0 Å². The van der Waals surface area contributed by atoms with Gasteiger partial charge in [-0.2, -0.15) is 0 Å². The number of nitrogens with zero attached hydrogens (tertiary/aromatic N) is 1. The molecule has 6 nitrogen and oxygen atoms in total. The van der Waals surface area contributed by atoms with Crippen LogP contribution in [0, 0.1) is 0 Å². The van der Waals surface area contributed by atoms with Crippen LogP contribution in [-0.2, 0) is 11.3 Å². The van der Waals surface area contributed by atoms with Crippen molar-refractivity contribution < 1.29 is 19.1 Å². The minimum atomic E-state index is -1.07. The predicted octanol–water partition coefficient (Wildman–Crippen LogP) is 0.894. The summed E-state index contributed by atoms with van der Waals surface area (Å²) in [6.45, 7) is 1.70. The number of carboxylic acids is 1. The lowest BCUT2D eigenvalue weighted by atomic mass is 10.3. The number of aliphatic carboxylic acids is 1. The van der Waals surface area contributed by atoms with Crippen molar-refractivity contribution >= 4 is 12.0 Å². The molecule has 0 radical (unpaired) electrons. The molecule has 1 heterocycles. The molecule has 6 heteroatoms. The van der Waals surface area contributed by atoms with Crippen molar-refractivity contribution in [3.05, 3.63) is 24.2 Å². The zero-order valence-corrected chi connectivity index (χ0v) is 9.14. The molecule has 0 bridgehead atoms. The van der Waals surface area contributed by atoms with E-state index in [1.165, 1.54) is 18.1 Å². The second-order valence-electron chi connectivity index (χ2n) is 3.44. The van der Waals surface area contributed by atoms with Gasteiger partial charge < -0.3 is 19.7 Å². The topological polar surface area (TPSA) is 82.8 Å². The number of furan rings is 1. The Morgan fingerprint density at radius 2 is 2.31 bits per heavy atom. The van der Waals surface area contributed by atoms with Gasteiger partial charge in [-0.3, -0.25) is 4.79 Å². The molecule has 0 saturated heterocycles. The molecular weight excluding hydrogens is 212 g/mol. The molecule has 1 aromatic heterocycles. The zero-order chi connectivity index (χ0) is 12.1. The summed E-state index contributed by atoms with van der Waals surface area (Å²) >= 11 is 0. The van der Waals surface area contributed by atoms with E-state index in [0.717, 1.165) is 0 Å². The van der Waals surface area contributed by atoms with E-state index in [2.05, 4.69) is 5.32 Å². The summed E-state index contributed by atoms with van der Waals surface area (Å²) in [5.41, 5.74) is 0. The van der Waals surface area contributed by atoms with Crippen molar-refractivity contribution in [3.8, 4) is 0 Å². The molecule has 0 aliphatic carbocycles. The SMILES string of the molecule is C[C@H](NC(=O)N(C)Cc1ccco1)C(=O)O. The maximum absolute atomic E-state index is 11.5. The molecular formula is C10H14N2O4. The Morgan fingerprint density at radius 1 is 1.62 bits per heavy atom. The van der Waals surface area contributed by atoms with E-state index >= 15 is 0 Å². The summed E-state index contributed by atoms with van der Waals surface area (Å²) in [6.07, 6.45) is 1.51. The smallest absolute Gasteiger partial charge is 0.325 e. The third-order valence-electron chi connectivity index (χ3n) is 2.03. The Morgan fingerprint density at radius 3 is 2.81 bits per heavy atom. The van der Waals surface area contributed by atoms with Crippen molar-refractivity contribution in [2.75, 3.05) is 7.05 Å². The molecule has 0 aromatic carbocycles. The van der Waals surface area contributed by atoms with Crippen molar-refractivity contribution in [2.24, 2.45) is 0 Å². The summed E-state index contributed by atoms with van der Waals surface area (Å²) in [7, 11) is 1.56. The second-order valence-corrected chi connectivity index (χ2v) is 3.44. The van der Waals surface area contributed by atoms with Crippen LogP contribution in [-0.4, -0.2) is 35.1 Å². The highest BCUT2D eigenvalue weighted by molar-refractivity contribution is 5.82. The maximum atomic E-state index is 11.5. The molecule has 1 aromatic rings. The lowest BCUT2D eigenvalue weighted by molar-refractivity contribution is -0.138. The highest BCUT2D eigenvalue weighted by atomic mass is 16.4. The van der Waals surface area contributed by atoms with Gasteiger partial charge in [-0.1, -0.05) is 0 Å². The third kappa shape index (κ3) is 3.30. The molecule has 0 aliphatic rings. The van der Waals surface area contributed by atoms with Gasteiger partial charge in [0.25, 0.3) is 0 Å². The van der Waals surface area contributed by atoms with Crippen molar-refractivity contribution in [1.29, 1.82) is 0 Å². The van der Waals surface area contributed by atoms with E-state index in [0.29, 0.717) is 12.3 Å². The first-order valence-corrected chi connectivity index (χ1v) is 4.77. The van der Waals surface area contributed by atoms with Gasteiger partial charge in [-0.25, -0.2) is 4.79 Å². The van der Waals surface area contributed by atoms with Crippen LogP contribution in [0.15, 0.2) is 22.8 Å². The minimum Gasteiger partial charge on any atom is -0.480 e. The summed E-state index contributed by atoms with van der Waals surface area (Å²) in [6, 6.07) is 2.10. The van der Waals surface area contributed by atoms with Crippen LogP contribution in [0.4, 0.5) is 4.79 Å². The normalized spacial score (nSPS) is 11.9. The Labute approximate surface area is 92.8 Å². The first kappa shape index (κ1) is 12.1. The fourth-order valence-electron chi connectivity index (χ4n) is 1.07. The Hall–Kier alpha value is -1.98. The van der Waals surface area contributed by atoms with Crippen LogP contribution >= 0.6 is 0 Å². The molecule has 0 spiro atoms. The number of amides is 2. The molecule has 0 fully saturated rings. The minimum absolute atomic E-state index is 0.297. The van der Waals surface area contributed by atoms with E-state index in [9.17, 15) is 9.59 Å². The highest BCUT2D eigenvalue weighted by Gasteiger charge is 2.17. The van der Waals surface area contributed by atoms with Crippen LogP contribution in [0.5, 0.6) is 0 Å². The Balaban J connectivity index is 2.45. The molecule has 2 N–H and O–H groups in total. The van der Waals surface area contributed by atoms with Crippen molar-refractivity contribution in [3.63, 3.8) is 0 Å². The summed E-state index contributed by atoms with van der Waals surface area (Å²) in [5.74, 6) is -0.430. The van der Waals surface area contributed by atoms with Crippen LogP contribution < -0.4 is 5.32 Å². The number of carbonyl (C=O) groups is 2. The average molecular weight is 226 g/mol. The molecule has 0 saturated carbocycles. The van der Waals surface area contributed by atoms with Gasteiger partial charge in [0.15, 0.2) is 0 Å². The molecule has 88 valence electrons. The largest absolute Gasteiger partial charge is 0.480 e. The fourth-order valence-corrected chi connectivity index (χ4v) is 1.07. The van der Waals surface area contributed by atoms with Crippen LogP contribution in [0.25, 0.3) is 0 Å². The Kier molecular flexibility index (Phi) is 3.93. The van der Waals surface area contributed by atoms with Gasteiger partial charge >= 0.3 is 12.0 Å². The van der Waals surface area contributed by atoms with E-state index in [4.69, 9.17) is 9.52 Å². The van der Waals surface area contributed by atoms with E-state index in [-0.39, 0.29) is 0 Å². The molecule has 16 heavy (non-hydrogen) atoms. The van der Waals surface area contributed by atoms with E-state index in [1.54, 1.807) is 19.2 Å². The number of rotatable bonds is 4. The number of hydrogen-bond acceptors (Lipinski definition) is 3. The van der Waals surface area contributed by atoms with Gasteiger partial charge in [0.05, 0.1) is 12.8 Å². The molecule has 0 unspecified atom stereocenters. The maximum Gasteiger partial charge on any atom is 0.325 e. The van der Waals surface area contributed by atoms with Crippen LogP contribution in [0.1, 0.15) is 12.7 Å². The van der Waals surface area contributed by atoms with Crippen molar-refractivity contribution in [1.82, 2.24) is 10.2 Å². The van der Waals surface area contributed by atoms with Crippen LogP contribution in [0.2, 0.25) is 0 Å². The summed E-state index contributed by atoms with van der Waals surface area (Å²) in [4.78, 5) is 23.4. The number of hydrogen-bond donors (Lipinski definition) is 2. The third-order valence-corrected chi connectivity index (χ3v) is 2.03. The van der Waals surface area contributed by atoms with E-state index in [1.807, 2.05) is 0 Å². The summed E-state index contributed by atoms with van der Waals surface area (Å²) in [5, 5.41) is 11.0. The fraction of sp³-hybridized carbons (Fsp3) is 0.400. The Bertz CT molecular complexity index is 361. The molecule has 1 rings (SSSR count). The highest BCUT2D eigenvalue weighted by Crippen LogP contribution is 2.03. The summed E-state index contributed by atoms with van der Waals surface area (Å²) < 4.78 is 5.07. The second kappa shape index (κ2) is 5.20. The number of carbonyl (C=O) groups excluding carboxylic acids is 1. The monoisotopic (exact) mass is 226 g/mol. The van der Waals surface area contributed by atoms with Gasteiger partial charge in [0, 0.05) is 7.05 Å². The first-order valence-electron chi connectivity index (χ1n) is 4.77. The lowest BCUT2D eigenvalue weighted by Crippen LogP contribution is -2.44. The van der Waals surface area contributed by atoms with Gasteiger partial charge in [0.2, 0.25) is 0 Å². The van der Waals surface area contributed by atoms with Gasteiger partial charge in [0.1, 0.15) is 11.8 Å². The standard InChI is InChI=1S/C10H14N2O4/c1-7(9(13)14)11-10(15)12(2)6-8-4-3-5-16-8/h3-5,7H,6H2,1-2H3,(H,11,15)(H,13,14)/t7-/m0/s1. The zero-order valence-electron chi connectivity index (χ0n) is 9.14. The van der Waals surface area contributed by atoms with E-state index < -0.39 is 18.0 Å². The molecule has 0 aliphatic heterocycles. The first-order chi connectivity index (χ1) is 7.50. The number of nitrogens with one attached hydrogen (secondary N) is 1. The molecule has 1 atom stereocenters. The number of carboxylic acid groups (broad SMARTS) is 1. The quantitative estimate of drug-likeness (QED) is 0.798. The number of urea groups is 1. The van der Waals surface area contributed by atoms with Crippen molar-refractivity contribution in [2.45, 2.75) is 19.5 Å². The molecule has 2 amide bonds.